The fraction of sp³-hybridized carbons (Fsp3) is 0.714. The van der Waals surface area contributed by atoms with E-state index in [1.165, 1.54) is 11.1 Å². The van der Waals surface area contributed by atoms with Gasteiger partial charge in [0.1, 0.15) is 0 Å². The van der Waals surface area contributed by atoms with E-state index in [1.807, 2.05) is 0 Å². The summed E-state index contributed by atoms with van der Waals surface area (Å²) < 4.78 is 5.03. The molecule has 0 spiro atoms. The van der Waals surface area contributed by atoms with Crippen molar-refractivity contribution < 1.29 is 14.3 Å². The van der Waals surface area contributed by atoms with Crippen molar-refractivity contribution in [1.82, 2.24) is 0 Å². The van der Waals surface area contributed by atoms with Crippen LogP contribution in [0.5, 0.6) is 0 Å². The molecule has 2 aliphatic carbocycles. The first kappa shape index (κ1) is 11.0. The Morgan fingerprint density at radius 2 is 1.29 bits per heavy atom. The molecule has 0 unspecified atom stereocenters. The molecule has 2 atom stereocenters. The standard InChI is InChI=1S/C14H18O3/c1-9-7-13-5-3-4-6-14(13,8-10(9)2)12(16)17-11(13)15/h3-8H2,1-2H3/t13-,14-/m1/s1. The van der Waals surface area contributed by atoms with Gasteiger partial charge in [-0.25, -0.2) is 0 Å². The maximum Gasteiger partial charge on any atom is 0.321 e. The topological polar surface area (TPSA) is 43.4 Å². The summed E-state index contributed by atoms with van der Waals surface area (Å²) in [6.45, 7) is 4.16. The summed E-state index contributed by atoms with van der Waals surface area (Å²) in [4.78, 5) is 24.3. The Labute approximate surface area is 101 Å². The van der Waals surface area contributed by atoms with E-state index >= 15 is 0 Å². The predicted octanol–water partition coefficient (Wildman–Crippen LogP) is 2.75. The fourth-order valence-corrected chi connectivity index (χ4v) is 4.07. The average molecular weight is 234 g/mol. The highest BCUT2D eigenvalue weighted by molar-refractivity contribution is 6.02. The molecule has 3 nitrogen and oxygen atoms in total. The van der Waals surface area contributed by atoms with E-state index in [0.717, 1.165) is 38.5 Å². The molecule has 0 aromatic heterocycles. The van der Waals surface area contributed by atoms with Gasteiger partial charge in [-0.15, -0.1) is 0 Å². The van der Waals surface area contributed by atoms with Crippen LogP contribution >= 0.6 is 0 Å². The third-order valence-electron chi connectivity index (χ3n) is 5.20. The van der Waals surface area contributed by atoms with Crippen molar-refractivity contribution in [3.8, 4) is 0 Å². The summed E-state index contributed by atoms with van der Waals surface area (Å²) in [7, 11) is 0. The number of ether oxygens (including phenoxy) is 1. The molecular formula is C14H18O3. The zero-order chi connectivity index (χ0) is 12.3. The van der Waals surface area contributed by atoms with Gasteiger partial charge in [-0.3, -0.25) is 9.59 Å². The predicted molar refractivity (Wildman–Crippen MR) is 62.0 cm³/mol. The van der Waals surface area contributed by atoms with Crippen LogP contribution in [0, 0.1) is 10.8 Å². The Hall–Kier alpha value is -1.12. The number of rotatable bonds is 0. The Balaban J connectivity index is 2.19. The molecule has 1 aliphatic heterocycles. The summed E-state index contributed by atoms with van der Waals surface area (Å²) in [6, 6.07) is 0. The van der Waals surface area contributed by atoms with E-state index in [1.54, 1.807) is 0 Å². The van der Waals surface area contributed by atoms with Crippen LogP contribution in [0.15, 0.2) is 11.1 Å². The van der Waals surface area contributed by atoms with E-state index in [-0.39, 0.29) is 11.9 Å². The largest absolute Gasteiger partial charge is 0.392 e. The number of allylic oxidation sites excluding steroid dienone is 2. The Morgan fingerprint density at radius 1 is 0.882 bits per heavy atom. The lowest BCUT2D eigenvalue weighted by atomic mass is 9.50. The first-order valence-corrected chi connectivity index (χ1v) is 6.44. The van der Waals surface area contributed by atoms with Gasteiger partial charge in [0.25, 0.3) is 0 Å². The van der Waals surface area contributed by atoms with Crippen molar-refractivity contribution in [1.29, 1.82) is 0 Å². The van der Waals surface area contributed by atoms with Gasteiger partial charge in [0.2, 0.25) is 0 Å². The molecule has 1 heterocycles. The molecule has 0 aromatic rings. The van der Waals surface area contributed by atoms with Gasteiger partial charge in [0.05, 0.1) is 10.8 Å². The van der Waals surface area contributed by atoms with E-state index in [0.29, 0.717) is 0 Å². The minimum absolute atomic E-state index is 0.256. The zero-order valence-corrected chi connectivity index (χ0v) is 10.5. The Bertz CT molecular complexity index is 408. The van der Waals surface area contributed by atoms with E-state index < -0.39 is 10.8 Å². The highest BCUT2D eigenvalue weighted by Crippen LogP contribution is 2.64. The van der Waals surface area contributed by atoms with Crippen LogP contribution in [-0.2, 0) is 14.3 Å². The van der Waals surface area contributed by atoms with Gasteiger partial charge in [-0.2, -0.15) is 0 Å². The Kier molecular flexibility index (Phi) is 2.08. The highest BCUT2D eigenvalue weighted by atomic mass is 16.6. The fourth-order valence-electron chi connectivity index (χ4n) is 4.07. The highest BCUT2D eigenvalue weighted by Gasteiger charge is 2.69. The lowest BCUT2D eigenvalue weighted by Gasteiger charge is -2.47. The van der Waals surface area contributed by atoms with E-state index in [4.69, 9.17) is 4.74 Å². The van der Waals surface area contributed by atoms with Gasteiger partial charge in [-0.05, 0) is 39.5 Å². The quantitative estimate of drug-likeness (QED) is 0.368. The minimum atomic E-state index is -0.522. The van der Waals surface area contributed by atoms with E-state index in [9.17, 15) is 9.59 Å². The first-order chi connectivity index (χ1) is 8.02. The van der Waals surface area contributed by atoms with Crippen LogP contribution < -0.4 is 0 Å². The van der Waals surface area contributed by atoms with Gasteiger partial charge in [0.15, 0.2) is 0 Å². The molecule has 0 radical (unpaired) electrons. The summed E-state index contributed by atoms with van der Waals surface area (Å²) in [5, 5.41) is 0. The lowest BCUT2D eigenvalue weighted by molar-refractivity contribution is -0.155. The molecule has 1 saturated carbocycles. The van der Waals surface area contributed by atoms with Gasteiger partial charge in [-0.1, -0.05) is 24.0 Å². The zero-order valence-electron chi connectivity index (χ0n) is 10.5. The summed E-state index contributed by atoms with van der Waals surface area (Å²) in [5.41, 5.74) is 1.50. The second-order valence-electron chi connectivity index (χ2n) is 5.96. The first-order valence-electron chi connectivity index (χ1n) is 6.44. The van der Waals surface area contributed by atoms with Crippen molar-refractivity contribution in [3.05, 3.63) is 11.1 Å². The van der Waals surface area contributed by atoms with Crippen molar-refractivity contribution >= 4 is 11.9 Å². The molecule has 17 heavy (non-hydrogen) atoms. The molecule has 92 valence electrons. The number of cyclic esters (lactones) is 2. The normalized spacial score (nSPS) is 41.1. The van der Waals surface area contributed by atoms with Crippen molar-refractivity contribution in [2.24, 2.45) is 10.8 Å². The van der Waals surface area contributed by atoms with Crippen LogP contribution in [-0.4, -0.2) is 11.9 Å². The lowest BCUT2D eigenvalue weighted by Crippen LogP contribution is -2.49. The second kappa shape index (κ2) is 3.21. The summed E-state index contributed by atoms with van der Waals surface area (Å²) in [5.74, 6) is -0.511. The molecular weight excluding hydrogens is 216 g/mol. The third kappa shape index (κ3) is 1.12. The van der Waals surface area contributed by atoms with Crippen molar-refractivity contribution in [2.75, 3.05) is 0 Å². The van der Waals surface area contributed by atoms with Crippen LogP contribution in [0.4, 0.5) is 0 Å². The Morgan fingerprint density at radius 3 is 1.71 bits per heavy atom. The van der Waals surface area contributed by atoms with Gasteiger partial charge < -0.3 is 4.74 Å². The van der Waals surface area contributed by atoms with Crippen LogP contribution in [0.1, 0.15) is 52.4 Å². The number of hydrogen-bond donors (Lipinski definition) is 0. The molecule has 0 N–H and O–H groups in total. The number of esters is 2. The molecule has 0 amide bonds. The smallest absolute Gasteiger partial charge is 0.321 e. The molecule has 1 saturated heterocycles. The van der Waals surface area contributed by atoms with Gasteiger partial charge in [0, 0.05) is 0 Å². The summed E-state index contributed by atoms with van der Waals surface area (Å²) >= 11 is 0. The molecule has 3 aliphatic rings. The molecule has 0 aromatic carbocycles. The van der Waals surface area contributed by atoms with Crippen LogP contribution in [0.2, 0.25) is 0 Å². The maximum atomic E-state index is 12.2. The number of hydrogen-bond acceptors (Lipinski definition) is 3. The minimum Gasteiger partial charge on any atom is -0.392 e. The molecule has 3 heteroatoms. The monoisotopic (exact) mass is 234 g/mol. The van der Waals surface area contributed by atoms with E-state index in [2.05, 4.69) is 13.8 Å². The van der Waals surface area contributed by atoms with Crippen LogP contribution in [0.25, 0.3) is 0 Å². The SMILES string of the molecule is CC1=C(C)C[C@@]23CCCC[C@@]2(C1)C(=O)OC3=O. The summed E-state index contributed by atoms with van der Waals surface area (Å²) in [6.07, 6.45) is 5.17. The molecule has 2 fully saturated rings. The maximum absolute atomic E-state index is 12.2. The number of carbonyl (C=O) groups is 2. The average Bonchev–Trinajstić information content (AvgIpc) is 2.50. The van der Waals surface area contributed by atoms with Crippen molar-refractivity contribution in [2.45, 2.75) is 52.4 Å². The number of carbonyl (C=O) groups excluding carboxylic acids is 2. The second-order valence-corrected chi connectivity index (χ2v) is 5.96. The van der Waals surface area contributed by atoms with Gasteiger partial charge >= 0.3 is 11.9 Å². The molecule has 0 bridgehead atoms. The third-order valence-corrected chi connectivity index (χ3v) is 5.20. The van der Waals surface area contributed by atoms with Crippen LogP contribution in [0.3, 0.4) is 0 Å². The van der Waals surface area contributed by atoms with Crippen molar-refractivity contribution in [3.63, 3.8) is 0 Å². The molecule has 3 rings (SSSR count).